The number of hydrogen-bond donors (Lipinski definition) is 3. The minimum absolute atomic E-state index is 0.0242. The van der Waals surface area contributed by atoms with Gasteiger partial charge in [0.15, 0.2) is 11.6 Å². The Morgan fingerprint density at radius 1 is 1.04 bits per heavy atom. The quantitative estimate of drug-likeness (QED) is 0.138. The van der Waals surface area contributed by atoms with Crippen molar-refractivity contribution in [2.24, 2.45) is 0 Å². The Bertz CT molecular complexity index is 1640. The van der Waals surface area contributed by atoms with Crippen LogP contribution < -0.4 is 10.6 Å². The monoisotopic (exact) mass is 672 g/mol. The number of aromatic carboxylic acids is 1. The van der Waals surface area contributed by atoms with E-state index >= 15 is 0 Å². The van der Waals surface area contributed by atoms with Gasteiger partial charge in [-0.3, -0.25) is 19.4 Å². The summed E-state index contributed by atoms with van der Waals surface area (Å²) < 4.78 is 32.7. The number of carbonyl (C=O) groups excluding carboxylic acids is 2. The number of morpholine rings is 1. The van der Waals surface area contributed by atoms with Gasteiger partial charge in [0, 0.05) is 56.3 Å². The van der Waals surface area contributed by atoms with Gasteiger partial charge in [-0.15, -0.1) is 11.3 Å². The number of carboxylic acids is 1. The Labute approximate surface area is 272 Å². The maximum Gasteiger partial charge on any atom is 0.335 e. The molecule has 236 valence electrons. The van der Waals surface area contributed by atoms with Crippen molar-refractivity contribution in [1.82, 2.24) is 15.1 Å². The van der Waals surface area contributed by atoms with E-state index in [1.807, 2.05) is 0 Å². The minimum Gasteiger partial charge on any atom is -0.478 e. The number of rotatable bonds is 12. The van der Waals surface area contributed by atoms with Crippen LogP contribution in [0.4, 0.5) is 14.5 Å². The molecule has 3 heterocycles. The molecule has 0 bridgehead atoms. The van der Waals surface area contributed by atoms with Gasteiger partial charge >= 0.3 is 5.97 Å². The lowest BCUT2D eigenvalue weighted by Crippen LogP contribution is -2.40. The second kappa shape index (κ2) is 15.2. The molecule has 9 nitrogen and oxygen atoms in total. The van der Waals surface area contributed by atoms with E-state index in [2.05, 4.69) is 15.5 Å². The molecular formula is C31H30F2N4O5S3. The summed E-state index contributed by atoms with van der Waals surface area (Å²) in [6.45, 7) is 5.08. The number of nitrogens with zero attached hydrogens (tertiary/aromatic N) is 2. The molecule has 0 saturated carbocycles. The van der Waals surface area contributed by atoms with Crippen LogP contribution in [0.2, 0.25) is 0 Å². The summed E-state index contributed by atoms with van der Waals surface area (Å²) in [4.78, 5) is 42.4. The number of carboxylic acid groups (broad SMARTS) is 1. The zero-order valence-corrected chi connectivity index (χ0v) is 26.5. The molecule has 14 heteroatoms. The minimum atomic E-state index is -1.06. The van der Waals surface area contributed by atoms with Crippen molar-refractivity contribution in [3.63, 3.8) is 0 Å². The molecule has 2 aliphatic rings. The highest BCUT2D eigenvalue weighted by atomic mass is 32.2. The van der Waals surface area contributed by atoms with Crippen molar-refractivity contribution in [2.75, 3.05) is 51.3 Å². The number of thiocarbonyl (C=S) groups is 1. The topological polar surface area (TPSA) is 111 Å². The van der Waals surface area contributed by atoms with E-state index in [1.165, 1.54) is 34.4 Å². The molecule has 2 aromatic carbocycles. The summed E-state index contributed by atoms with van der Waals surface area (Å²) in [6, 6.07) is 10.00. The van der Waals surface area contributed by atoms with Gasteiger partial charge in [-0.25, -0.2) is 13.6 Å². The van der Waals surface area contributed by atoms with Gasteiger partial charge in [0.25, 0.3) is 5.91 Å². The number of ether oxygens (including phenoxy) is 1. The van der Waals surface area contributed by atoms with E-state index in [-0.39, 0.29) is 30.3 Å². The molecule has 0 unspecified atom stereocenters. The van der Waals surface area contributed by atoms with Crippen molar-refractivity contribution >= 4 is 69.2 Å². The standard InChI is InChI=1S/C31H30F2N4O5S3/c32-24-3-1-19(15-25(24)33)22-14-23(44-18-22)16-27-29(39)37(31(43)45-27)7-5-28(38)35-26-4-2-20(30(40)41)13-21(26)17-34-6-8-36-9-11-42-12-10-36/h1-4,13-16,18,34H,5-12,17H2,(H,35,38)(H,40,41). The molecule has 0 spiro atoms. The number of amides is 2. The first-order valence-electron chi connectivity index (χ1n) is 14.1. The number of thiophene rings is 1. The maximum absolute atomic E-state index is 13.7. The lowest BCUT2D eigenvalue weighted by atomic mass is 10.1. The molecule has 2 fully saturated rings. The molecule has 0 aliphatic carbocycles. The van der Waals surface area contributed by atoms with Crippen LogP contribution in [0.25, 0.3) is 17.2 Å². The number of benzene rings is 2. The molecule has 2 aliphatic heterocycles. The molecule has 45 heavy (non-hydrogen) atoms. The third kappa shape index (κ3) is 8.60. The van der Waals surface area contributed by atoms with Gasteiger partial charge in [-0.2, -0.15) is 0 Å². The molecule has 5 rings (SSSR count). The van der Waals surface area contributed by atoms with Crippen molar-refractivity contribution in [3.05, 3.63) is 80.4 Å². The Hall–Kier alpha value is -3.53. The smallest absolute Gasteiger partial charge is 0.335 e. The van der Waals surface area contributed by atoms with E-state index in [1.54, 1.807) is 23.6 Å². The molecule has 2 amide bonds. The van der Waals surface area contributed by atoms with Gasteiger partial charge in [-0.1, -0.05) is 30.0 Å². The summed E-state index contributed by atoms with van der Waals surface area (Å²) in [5, 5.41) is 17.4. The molecular weight excluding hydrogens is 643 g/mol. The highest BCUT2D eigenvalue weighted by Crippen LogP contribution is 2.35. The van der Waals surface area contributed by atoms with Crippen LogP contribution in [0.3, 0.4) is 0 Å². The van der Waals surface area contributed by atoms with Crippen LogP contribution in [0.1, 0.15) is 27.2 Å². The van der Waals surface area contributed by atoms with Crippen LogP contribution in [-0.2, 0) is 20.9 Å². The van der Waals surface area contributed by atoms with Gasteiger partial charge < -0.3 is 20.5 Å². The number of halogens is 2. The molecule has 2 saturated heterocycles. The summed E-state index contributed by atoms with van der Waals surface area (Å²) in [5.74, 6) is -3.59. The van der Waals surface area contributed by atoms with Crippen molar-refractivity contribution < 1.29 is 33.0 Å². The molecule has 3 aromatic rings. The number of thioether (sulfide) groups is 1. The SMILES string of the molecule is O=C(CCN1C(=O)C(=Cc2cc(-c3ccc(F)c(F)c3)cs2)SC1=S)Nc1ccc(C(=O)O)cc1CNCCN1CCOCC1. The van der Waals surface area contributed by atoms with Gasteiger partial charge in [0.2, 0.25) is 5.91 Å². The Kier molecular flexibility index (Phi) is 11.1. The Balaban J connectivity index is 1.17. The molecule has 0 atom stereocenters. The fraction of sp³-hybridized carbons (Fsp3) is 0.290. The van der Waals surface area contributed by atoms with Crippen LogP contribution in [-0.4, -0.2) is 82.9 Å². The highest BCUT2D eigenvalue weighted by molar-refractivity contribution is 8.26. The van der Waals surface area contributed by atoms with Crippen molar-refractivity contribution in [1.29, 1.82) is 0 Å². The Morgan fingerprint density at radius 3 is 2.60 bits per heavy atom. The molecule has 3 N–H and O–H groups in total. The average Bonchev–Trinajstić information content (AvgIpc) is 3.60. The largest absolute Gasteiger partial charge is 0.478 e. The fourth-order valence-electron chi connectivity index (χ4n) is 4.78. The number of nitrogens with one attached hydrogen (secondary N) is 2. The number of hydrogen-bond acceptors (Lipinski definition) is 9. The lowest BCUT2D eigenvalue weighted by Gasteiger charge is -2.26. The third-order valence-corrected chi connectivity index (χ3v) is 9.49. The first-order valence-corrected chi connectivity index (χ1v) is 16.2. The fourth-order valence-corrected chi connectivity index (χ4v) is 7.01. The third-order valence-electron chi connectivity index (χ3n) is 7.23. The lowest BCUT2D eigenvalue weighted by molar-refractivity contribution is -0.122. The van der Waals surface area contributed by atoms with E-state index in [0.29, 0.717) is 57.9 Å². The van der Waals surface area contributed by atoms with E-state index in [4.69, 9.17) is 17.0 Å². The van der Waals surface area contributed by atoms with E-state index < -0.39 is 17.6 Å². The molecule has 0 radical (unpaired) electrons. The Morgan fingerprint density at radius 2 is 1.84 bits per heavy atom. The van der Waals surface area contributed by atoms with Gasteiger partial charge in [-0.05, 0) is 64.5 Å². The van der Waals surface area contributed by atoms with Crippen molar-refractivity contribution in [2.45, 2.75) is 13.0 Å². The predicted octanol–water partition coefficient (Wildman–Crippen LogP) is 5.04. The summed E-state index contributed by atoms with van der Waals surface area (Å²) in [7, 11) is 0. The summed E-state index contributed by atoms with van der Waals surface area (Å²) in [6.07, 6.45) is 1.67. The number of carbonyl (C=O) groups is 3. The van der Waals surface area contributed by atoms with E-state index in [0.717, 1.165) is 48.4 Å². The average molecular weight is 673 g/mol. The van der Waals surface area contributed by atoms with Crippen LogP contribution in [0.15, 0.2) is 52.7 Å². The normalized spacial score (nSPS) is 16.5. The highest BCUT2D eigenvalue weighted by Gasteiger charge is 2.32. The zero-order chi connectivity index (χ0) is 31.9. The predicted molar refractivity (Wildman–Crippen MR) is 175 cm³/mol. The summed E-state index contributed by atoms with van der Waals surface area (Å²) in [5.41, 5.74) is 2.46. The second-order valence-electron chi connectivity index (χ2n) is 10.3. The van der Waals surface area contributed by atoms with Crippen LogP contribution >= 0.6 is 35.3 Å². The zero-order valence-electron chi connectivity index (χ0n) is 24.0. The summed E-state index contributed by atoms with van der Waals surface area (Å²) >= 11 is 7.89. The van der Waals surface area contributed by atoms with Gasteiger partial charge in [0.1, 0.15) is 4.32 Å². The second-order valence-corrected chi connectivity index (χ2v) is 12.9. The van der Waals surface area contributed by atoms with Crippen molar-refractivity contribution in [3.8, 4) is 11.1 Å². The molecule has 1 aromatic heterocycles. The van der Waals surface area contributed by atoms with Crippen LogP contribution in [0.5, 0.6) is 0 Å². The van der Waals surface area contributed by atoms with Crippen LogP contribution in [0, 0.1) is 11.6 Å². The first-order chi connectivity index (χ1) is 21.7. The maximum atomic E-state index is 13.7. The van der Waals surface area contributed by atoms with Gasteiger partial charge in [0.05, 0.1) is 23.7 Å². The van der Waals surface area contributed by atoms with E-state index in [9.17, 15) is 28.3 Å². The first kappa shape index (κ1) is 32.9. The number of anilines is 1.